The standard InChI is InChI=1S/C23H16F2N2O2/c24-16-7-5-15(6-8-16)13-27-14-20(19-3-1-2-4-21(19)27)22(28)23(29)26-18-11-9-17(25)10-12-18/h1-12,14H,13H2,(H,26,29). The average Bonchev–Trinajstić information content (AvgIpc) is 3.09. The number of para-hydroxylation sites is 1. The molecule has 4 aromatic rings. The van der Waals surface area contributed by atoms with Crippen LogP contribution < -0.4 is 5.32 Å². The highest BCUT2D eigenvalue weighted by Crippen LogP contribution is 2.23. The van der Waals surface area contributed by atoms with Gasteiger partial charge in [-0.05, 0) is 48.0 Å². The van der Waals surface area contributed by atoms with Crippen LogP contribution >= 0.6 is 0 Å². The van der Waals surface area contributed by atoms with E-state index in [0.29, 0.717) is 17.6 Å². The predicted molar refractivity (Wildman–Crippen MR) is 107 cm³/mol. The molecule has 0 radical (unpaired) electrons. The van der Waals surface area contributed by atoms with Gasteiger partial charge in [-0.3, -0.25) is 9.59 Å². The number of fused-ring (bicyclic) bond motifs is 1. The third-order valence-corrected chi connectivity index (χ3v) is 4.61. The number of hydrogen-bond acceptors (Lipinski definition) is 2. The lowest BCUT2D eigenvalue weighted by molar-refractivity contribution is -0.112. The summed E-state index contributed by atoms with van der Waals surface area (Å²) in [4.78, 5) is 25.2. The van der Waals surface area contributed by atoms with Gasteiger partial charge in [-0.1, -0.05) is 30.3 Å². The summed E-state index contributed by atoms with van der Waals surface area (Å²) in [6.07, 6.45) is 1.63. The van der Waals surface area contributed by atoms with E-state index in [1.54, 1.807) is 30.5 Å². The van der Waals surface area contributed by atoms with Gasteiger partial charge in [0, 0.05) is 29.3 Å². The molecule has 0 atom stereocenters. The quantitative estimate of drug-likeness (QED) is 0.394. The van der Waals surface area contributed by atoms with Crippen molar-refractivity contribution in [2.75, 3.05) is 5.32 Å². The number of Topliss-reactive ketones (excluding diaryl/α,β-unsaturated/α-hetero) is 1. The van der Waals surface area contributed by atoms with E-state index in [0.717, 1.165) is 11.1 Å². The maximum atomic E-state index is 13.2. The van der Waals surface area contributed by atoms with Crippen LogP contribution in [-0.4, -0.2) is 16.3 Å². The maximum Gasteiger partial charge on any atom is 0.296 e. The Kier molecular flexibility index (Phi) is 4.91. The molecule has 0 saturated carbocycles. The highest BCUT2D eigenvalue weighted by atomic mass is 19.1. The summed E-state index contributed by atoms with van der Waals surface area (Å²) < 4.78 is 28.0. The second-order valence-electron chi connectivity index (χ2n) is 6.60. The fraction of sp³-hybridized carbons (Fsp3) is 0.0435. The van der Waals surface area contributed by atoms with Gasteiger partial charge >= 0.3 is 0 Å². The highest BCUT2D eigenvalue weighted by Gasteiger charge is 2.21. The molecule has 1 aromatic heterocycles. The number of nitrogens with one attached hydrogen (secondary N) is 1. The summed E-state index contributed by atoms with van der Waals surface area (Å²) in [6.45, 7) is 0.424. The maximum absolute atomic E-state index is 13.2. The summed E-state index contributed by atoms with van der Waals surface area (Å²) in [5.41, 5.74) is 2.25. The Morgan fingerprint density at radius 1 is 0.828 bits per heavy atom. The molecular formula is C23H16F2N2O2. The monoisotopic (exact) mass is 390 g/mol. The third kappa shape index (κ3) is 3.91. The number of carbonyl (C=O) groups excluding carboxylic acids is 2. The molecule has 0 aliphatic carbocycles. The summed E-state index contributed by atoms with van der Waals surface area (Å²) in [5, 5.41) is 3.14. The van der Waals surface area contributed by atoms with Crippen molar-refractivity contribution in [2.24, 2.45) is 0 Å². The van der Waals surface area contributed by atoms with Gasteiger partial charge in [-0.15, -0.1) is 0 Å². The molecule has 0 saturated heterocycles. The number of anilines is 1. The summed E-state index contributed by atoms with van der Waals surface area (Å²) >= 11 is 0. The van der Waals surface area contributed by atoms with Crippen molar-refractivity contribution in [2.45, 2.75) is 6.54 Å². The first-order chi connectivity index (χ1) is 14.0. The van der Waals surface area contributed by atoms with Gasteiger partial charge in [0.2, 0.25) is 0 Å². The SMILES string of the molecule is O=C(Nc1ccc(F)cc1)C(=O)c1cn(Cc2ccc(F)cc2)c2ccccc12. The van der Waals surface area contributed by atoms with Crippen molar-refractivity contribution in [3.8, 4) is 0 Å². The van der Waals surface area contributed by atoms with Gasteiger partial charge in [-0.25, -0.2) is 8.78 Å². The van der Waals surface area contributed by atoms with E-state index >= 15 is 0 Å². The average molecular weight is 390 g/mol. The topological polar surface area (TPSA) is 51.1 Å². The van der Waals surface area contributed by atoms with Gasteiger partial charge in [0.25, 0.3) is 11.7 Å². The number of amides is 1. The Morgan fingerprint density at radius 2 is 1.45 bits per heavy atom. The molecule has 0 aliphatic rings. The largest absolute Gasteiger partial charge is 0.342 e. The minimum absolute atomic E-state index is 0.266. The molecular weight excluding hydrogens is 374 g/mol. The summed E-state index contributed by atoms with van der Waals surface area (Å²) in [5.74, 6) is -2.25. The van der Waals surface area contributed by atoms with Gasteiger partial charge in [-0.2, -0.15) is 0 Å². The Bertz CT molecular complexity index is 1200. The second kappa shape index (κ2) is 7.67. The smallest absolute Gasteiger partial charge is 0.296 e. The lowest BCUT2D eigenvalue weighted by atomic mass is 10.1. The van der Waals surface area contributed by atoms with Crippen LogP contribution in [0.1, 0.15) is 15.9 Å². The number of hydrogen-bond donors (Lipinski definition) is 1. The van der Waals surface area contributed by atoms with Crippen LogP contribution in [0.3, 0.4) is 0 Å². The highest BCUT2D eigenvalue weighted by molar-refractivity contribution is 6.48. The minimum atomic E-state index is -0.804. The molecule has 1 amide bonds. The molecule has 6 heteroatoms. The number of nitrogens with zero attached hydrogens (tertiary/aromatic N) is 1. The fourth-order valence-corrected chi connectivity index (χ4v) is 3.19. The number of aromatic nitrogens is 1. The number of halogens is 2. The van der Waals surface area contributed by atoms with Gasteiger partial charge in [0.15, 0.2) is 0 Å². The predicted octanol–water partition coefficient (Wildman–Crippen LogP) is 4.79. The van der Waals surface area contributed by atoms with Crippen LogP contribution in [0.15, 0.2) is 79.0 Å². The van der Waals surface area contributed by atoms with Gasteiger partial charge in [0.05, 0.1) is 5.56 Å². The molecule has 0 aliphatic heterocycles. The first-order valence-electron chi connectivity index (χ1n) is 8.95. The van der Waals surface area contributed by atoms with Crippen LogP contribution in [0.2, 0.25) is 0 Å². The van der Waals surface area contributed by atoms with E-state index in [9.17, 15) is 18.4 Å². The van der Waals surface area contributed by atoms with E-state index < -0.39 is 17.5 Å². The lowest BCUT2D eigenvalue weighted by Crippen LogP contribution is -2.22. The lowest BCUT2D eigenvalue weighted by Gasteiger charge is -2.05. The van der Waals surface area contributed by atoms with E-state index in [1.807, 2.05) is 16.7 Å². The normalized spacial score (nSPS) is 10.8. The van der Waals surface area contributed by atoms with E-state index in [-0.39, 0.29) is 11.4 Å². The van der Waals surface area contributed by atoms with Crippen LogP contribution in [0.5, 0.6) is 0 Å². The summed E-state index contributed by atoms with van der Waals surface area (Å²) in [7, 11) is 0. The van der Waals surface area contributed by atoms with Crippen LogP contribution in [-0.2, 0) is 11.3 Å². The first-order valence-corrected chi connectivity index (χ1v) is 8.95. The molecule has 4 nitrogen and oxygen atoms in total. The molecule has 3 aromatic carbocycles. The van der Waals surface area contributed by atoms with Crippen molar-refractivity contribution in [1.29, 1.82) is 0 Å². The molecule has 0 bridgehead atoms. The molecule has 0 fully saturated rings. The molecule has 0 spiro atoms. The molecule has 144 valence electrons. The van der Waals surface area contributed by atoms with Crippen molar-refractivity contribution < 1.29 is 18.4 Å². The molecule has 4 rings (SSSR count). The number of ketones is 1. The molecule has 29 heavy (non-hydrogen) atoms. The van der Waals surface area contributed by atoms with E-state index in [1.165, 1.54) is 36.4 Å². The van der Waals surface area contributed by atoms with Crippen molar-refractivity contribution in [1.82, 2.24) is 4.57 Å². The first kappa shape index (κ1) is 18.6. The van der Waals surface area contributed by atoms with Crippen LogP contribution in [0.4, 0.5) is 14.5 Å². The second-order valence-corrected chi connectivity index (χ2v) is 6.60. The van der Waals surface area contributed by atoms with Gasteiger partial charge < -0.3 is 9.88 Å². The van der Waals surface area contributed by atoms with Crippen molar-refractivity contribution in [3.05, 3.63) is 102 Å². The van der Waals surface area contributed by atoms with Crippen molar-refractivity contribution >= 4 is 28.3 Å². The molecule has 1 N–H and O–H groups in total. The fourth-order valence-electron chi connectivity index (χ4n) is 3.19. The third-order valence-electron chi connectivity index (χ3n) is 4.61. The van der Waals surface area contributed by atoms with Crippen LogP contribution in [0, 0.1) is 11.6 Å². The minimum Gasteiger partial charge on any atom is -0.342 e. The Hall–Kier alpha value is -3.80. The summed E-state index contributed by atoms with van der Waals surface area (Å²) in [6, 6.07) is 18.5. The Balaban J connectivity index is 1.64. The zero-order valence-electron chi connectivity index (χ0n) is 15.2. The number of rotatable bonds is 5. The molecule has 1 heterocycles. The number of benzene rings is 3. The zero-order valence-corrected chi connectivity index (χ0v) is 15.2. The molecule has 0 unspecified atom stereocenters. The van der Waals surface area contributed by atoms with Gasteiger partial charge in [0.1, 0.15) is 11.6 Å². The van der Waals surface area contributed by atoms with E-state index in [2.05, 4.69) is 5.32 Å². The zero-order chi connectivity index (χ0) is 20.4. The number of carbonyl (C=O) groups is 2. The van der Waals surface area contributed by atoms with Crippen LogP contribution in [0.25, 0.3) is 10.9 Å². The van der Waals surface area contributed by atoms with E-state index in [4.69, 9.17) is 0 Å². The Labute approximate surface area is 165 Å². The Morgan fingerprint density at radius 3 is 2.14 bits per heavy atom. The van der Waals surface area contributed by atoms with Crippen molar-refractivity contribution in [3.63, 3.8) is 0 Å².